The van der Waals surface area contributed by atoms with E-state index >= 15 is 0 Å². The van der Waals surface area contributed by atoms with E-state index in [1.807, 2.05) is 37.3 Å². The van der Waals surface area contributed by atoms with E-state index in [0.29, 0.717) is 23.7 Å². The van der Waals surface area contributed by atoms with Crippen molar-refractivity contribution in [3.05, 3.63) is 64.7 Å². The zero-order valence-electron chi connectivity index (χ0n) is 16.5. The summed E-state index contributed by atoms with van der Waals surface area (Å²) in [6, 6.07) is 15.1. The molecule has 1 amide bonds. The van der Waals surface area contributed by atoms with Crippen LogP contribution in [0.4, 0.5) is 5.69 Å². The van der Waals surface area contributed by atoms with Gasteiger partial charge in [-0.15, -0.1) is 0 Å². The smallest absolute Gasteiger partial charge is 0.232 e. The summed E-state index contributed by atoms with van der Waals surface area (Å²) in [7, 11) is -3.46. The van der Waals surface area contributed by atoms with Crippen molar-refractivity contribution in [2.24, 2.45) is 0 Å². The molecule has 0 aliphatic carbocycles. The van der Waals surface area contributed by atoms with E-state index in [2.05, 4.69) is 12.2 Å². The Morgan fingerprint density at radius 1 is 1.18 bits per heavy atom. The molecule has 152 valence electrons. The third kappa shape index (κ3) is 6.53. The van der Waals surface area contributed by atoms with Crippen LogP contribution in [0.25, 0.3) is 0 Å². The van der Waals surface area contributed by atoms with Gasteiger partial charge >= 0.3 is 0 Å². The molecule has 1 unspecified atom stereocenters. The minimum Gasteiger partial charge on any atom is -0.356 e. The molecule has 0 saturated heterocycles. The van der Waals surface area contributed by atoms with Crippen molar-refractivity contribution in [3.63, 3.8) is 0 Å². The van der Waals surface area contributed by atoms with Gasteiger partial charge in [-0.1, -0.05) is 54.9 Å². The highest BCUT2D eigenvalue weighted by Gasteiger charge is 2.18. The van der Waals surface area contributed by atoms with Gasteiger partial charge in [0.25, 0.3) is 0 Å². The number of aryl methyl sites for hydroxylation is 1. The van der Waals surface area contributed by atoms with E-state index in [1.165, 1.54) is 9.87 Å². The van der Waals surface area contributed by atoms with Crippen LogP contribution in [0.3, 0.4) is 0 Å². The third-order valence-electron chi connectivity index (χ3n) is 4.58. The van der Waals surface area contributed by atoms with Gasteiger partial charge in [0, 0.05) is 24.5 Å². The maximum Gasteiger partial charge on any atom is 0.232 e. The van der Waals surface area contributed by atoms with Crippen LogP contribution in [-0.2, 0) is 14.8 Å². The molecule has 2 rings (SSSR count). The Balaban J connectivity index is 1.88. The minimum absolute atomic E-state index is 0.0850. The minimum atomic E-state index is -3.46. The first kappa shape index (κ1) is 22.2. The Kier molecular flexibility index (Phi) is 7.89. The van der Waals surface area contributed by atoms with E-state index in [4.69, 9.17) is 11.6 Å². The Morgan fingerprint density at radius 2 is 1.86 bits per heavy atom. The van der Waals surface area contributed by atoms with Crippen molar-refractivity contribution in [2.75, 3.05) is 23.7 Å². The van der Waals surface area contributed by atoms with Gasteiger partial charge in [0.2, 0.25) is 15.9 Å². The lowest BCUT2D eigenvalue weighted by atomic mass is 10.0. The molecule has 1 N–H and O–H groups in total. The van der Waals surface area contributed by atoms with Crippen molar-refractivity contribution < 1.29 is 13.2 Å². The van der Waals surface area contributed by atoms with Gasteiger partial charge < -0.3 is 5.32 Å². The molecule has 2 aromatic rings. The van der Waals surface area contributed by atoms with E-state index in [-0.39, 0.29) is 24.8 Å². The van der Waals surface area contributed by atoms with E-state index < -0.39 is 10.0 Å². The number of hydrogen-bond acceptors (Lipinski definition) is 3. The van der Waals surface area contributed by atoms with Gasteiger partial charge in [-0.25, -0.2) is 8.42 Å². The van der Waals surface area contributed by atoms with Crippen molar-refractivity contribution >= 4 is 33.2 Å². The maximum absolute atomic E-state index is 12.2. The highest BCUT2D eigenvalue weighted by molar-refractivity contribution is 7.92. The molecule has 0 bridgehead atoms. The Bertz CT molecular complexity index is 901. The number of halogens is 1. The highest BCUT2D eigenvalue weighted by Crippen LogP contribution is 2.25. The summed E-state index contributed by atoms with van der Waals surface area (Å²) < 4.78 is 25.6. The molecule has 28 heavy (non-hydrogen) atoms. The molecule has 2 aromatic carbocycles. The molecule has 0 saturated carbocycles. The average molecular weight is 423 g/mol. The predicted octanol–water partition coefficient (Wildman–Crippen LogP) is 4.11. The van der Waals surface area contributed by atoms with E-state index in [1.54, 1.807) is 18.2 Å². The number of nitrogens with zero attached hydrogens (tertiary/aromatic N) is 1. The molecule has 0 aliphatic heterocycles. The van der Waals surface area contributed by atoms with Gasteiger partial charge in [0.15, 0.2) is 0 Å². The number of nitrogens with one attached hydrogen (secondary N) is 1. The molecule has 1 atom stereocenters. The van der Waals surface area contributed by atoms with Gasteiger partial charge in [-0.3, -0.25) is 9.10 Å². The number of amides is 1. The number of benzene rings is 2. The lowest BCUT2D eigenvalue weighted by Crippen LogP contribution is -2.32. The number of sulfonamides is 1. The number of carbonyl (C=O) groups excluding carboxylic acids is 1. The summed E-state index contributed by atoms with van der Waals surface area (Å²) >= 11 is 6.13. The molecular formula is C21H27ClN2O3S. The summed E-state index contributed by atoms with van der Waals surface area (Å²) in [4.78, 5) is 12.1. The standard InChI is InChI=1S/C21H27ClN2O3S/c1-16-11-12-19(14-20(16)22)24(28(3,26)27)13-7-10-21(25)23-15-17(2)18-8-5-4-6-9-18/h4-6,8-9,11-12,14,17H,7,10,13,15H2,1-3H3,(H,23,25). The Hall–Kier alpha value is -2.05. The molecule has 5 nitrogen and oxygen atoms in total. The highest BCUT2D eigenvalue weighted by atomic mass is 35.5. The molecular weight excluding hydrogens is 396 g/mol. The van der Waals surface area contributed by atoms with Crippen LogP contribution >= 0.6 is 11.6 Å². The average Bonchev–Trinajstić information content (AvgIpc) is 2.65. The van der Waals surface area contributed by atoms with Crippen molar-refractivity contribution in [2.45, 2.75) is 32.6 Å². The largest absolute Gasteiger partial charge is 0.356 e. The second-order valence-electron chi connectivity index (χ2n) is 6.99. The Morgan fingerprint density at radius 3 is 2.46 bits per heavy atom. The fourth-order valence-electron chi connectivity index (χ4n) is 2.86. The van der Waals surface area contributed by atoms with Crippen LogP contribution in [0, 0.1) is 6.92 Å². The van der Waals surface area contributed by atoms with Crippen LogP contribution < -0.4 is 9.62 Å². The molecule has 0 heterocycles. The van der Waals surface area contributed by atoms with Crippen LogP contribution in [-0.4, -0.2) is 33.7 Å². The zero-order valence-corrected chi connectivity index (χ0v) is 18.1. The van der Waals surface area contributed by atoms with Crippen LogP contribution in [0.1, 0.15) is 36.8 Å². The van der Waals surface area contributed by atoms with Crippen molar-refractivity contribution in [1.29, 1.82) is 0 Å². The SMILES string of the molecule is Cc1ccc(N(CCCC(=O)NCC(C)c2ccccc2)S(C)(=O)=O)cc1Cl. The summed E-state index contributed by atoms with van der Waals surface area (Å²) in [6.45, 7) is 4.69. The normalized spacial score (nSPS) is 12.4. The predicted molar refractivity (Wildman–Crippen MR) is 115 cm³/mol. The number of rotatable bonds is 9. The molecule has 0 radical (unpaired) electrons. The monoisotopic (exact) mass is 422 g/mol. The summed E-state index contributed by atoms with van der Waals surface area (Å²) in [5.41, 5.74) is 2.56. The third-order valence-corrected chi connectivity index (χ3v) is 6.18. The number of anilines is 1. The van der Waals surface area contributed by atoms with Crippen molar-refractivity contribution in [1.82, 2.24) is 5.32 Å². The molecule has 0 fully saturated rings. The molecule has 0 spiro atoms. The quantitative estimate of drug-likeness (QED) is 0.661. The second kappa shape index (κ2) is 9.94. The first-order valence-electron chi connectivity index (χ1n) is 9.24. The summed E-state index contributed by atoms with van der Waals surface area (Å²) in [6.07, 6.45) is 1.83. The summed E-state index contributed by atoms with van der Waals surface area (Å²) in [5.74, 6) is 0.130. The van der Waals surface area contributed by atoms with Gasteiger partial charge in [0.1, 0.15) is 0 Å². The molecule has 0 aliphatic rings. The first-order valence-corrected chi connectivity index (χ1v) is 11.5. The molecule has 7 heteroatoms. The maximum atomic E-state index is 12.2. The Labute approximate surface area is 172 Å². The fourth-order valence-corrected chi connectivity index (χ4v) is 3.99. The van der Waals surface area contributed by atoms with E-state index in [0.717, 1.165) is 11.8 Å². The van der Waals surface area contributed by atoms with Crippen LogP contribution in [0.15, 0.2) is 48.5 Å². The topological polar surface area (TPSA) is 66.5 Å². The van der Waals surface area contributed by atoms with Gasteiger partial charge in [-0.2, -0.15) is 0 Å². The van der Waals surface area contributed by atoms with Gasteiger partial charge in [0.05, 0.1) is 11.9 Å². The first-order chi connectivity index (χ1) is 13.2. The van der Waals surface area contributed by atoms with Crippen LogP contribution in [0.2, 0.25) is 5.02 Å². The molecule has 0 aromatic heterocycles. The number of hydrogen-bond donors (Lipinski definition) is 1. The fraction of sp³-hybridized carbons (Fsp3) is 0.381. The lowest BCUT2D eigenvalue weighted by molar-refractivity contribution is -0.121. The zero-order chi connectivity index (χ0) is 20.7. The second-order valence-corrected chi connectivity index (χ2v) is 9.30. The van der Waals surface area contributed by atoms with Crippen molar-refractivity contribution in [3.8, 4) is 0 Å². The number of carbonyl (C=O) groups is 1. The lowest BCUT2D eigenvalue weighted by Gasteiger charge is -2.23. The van der Waals surface area contributed by atoms with Crippen LogP contribution in [0.5, 0.6) is 0 Å². The summed E-state index contributed by atoms with van der Waals surface area (Å²) in [5, 5.41) is 3.43. The van der Waals surface area contributed by atoms with Gasteiger partial charge in [-0.05, 0) is 42.5 Å². The van der Waals surface area contributed by atoms with E-state index in [9.17, 15) is 13.2 Å².